The Kier molecular flexibility index (Phi) is 3.82. The second kappa shape index (κ2) is 6.29. The minimum Gasteiger partial charge on any atom is -0.363 e. The van der Waals surface area contributed by atoms with Crippen LogP contribution in [0.25, 0.3) is 10.9 Å². The Bertz CT molecular complexity index is 1590. The Labute approximate surface area is 206 Å². The maximum atomic E-state index is 13.8. The van der Waals surface area contributed by atoms with Crippen LogP contribution < -0.4 is 15.8 Å². The number of amides is 1. The van der Waals surface area contributed by atoms with Crippen LogP contribution in [0.5, 0.6) is 0 Å². The predicted octanol–water partition coefficient (Wildman–Crippen LogP) is 2.22. The fraction of sp³-hybridized carbons (Fsp3) is 0.407. The summed E-state index contributed by atoms with van der Waals surface area (Å²) in [7, 11) is 0. The van der Waals surface area contributed by atoms with Crippen molar-refractivity contribution in [2.45, 2.75) is 63.3 Å². The molecule has 4 aliphatic rings. The van der Waals surface area contributed by atoms with Gasteiger partial charge in [-0.1, -0.05) is 30.3 Å². The van der Waals surface area contributed by atoms with Gasteiger partial charge >= 0.3 is 0 Å². The zero-order chi connectivity index (χ0) is 25.4. The van der Waals surface area contributed by atoms with Gasteiger partial charge in [0.05, 0.1) is 33.6 Å². The number of hydrogen-bond donors (Lipinski definition) is 2. The number of Topliss-reactive ketones (excluding diaryl/α,β-unsaturated/α-hetero) is 1. The molecule has 1 amide bonds. The highest BCUT2D eigenvalue weighted by Gasteiger charge is 2.74. The molecule has 2 saturated heterocycles. The summed E-state index contributed by atoms with van der Waals surface area (Å²) in [6, 6.07) is 13.4. The van der Waals surface area contributed by atoms with E-state index in [0.29, 0.717) is 16.6 Å². The number of aliphatic hydroxyl groups is 1. The van der Waals surface area contributed by atoms with Crippen LogP contribution in [-0.2, 0) is 15.1 Å². The summed E-state index contributed by atoms with van der Waals surface area (Å²) in [4.78, 5) is 47.2. The Morgan fingerprint density at radius 3 is 2.50 bits per heavy atom. The topological polar surface area (TPSA) is 114 Å². The van der Waals surface area contributed by atoms with Gasteiger partial charge in [0.25, 0.3) is 5.56 Å². The summed E-state index contributed by atoms with van der Waals surface area (Å²) < 4.78 is 8.00. The highest BCUT2D eigenvalue weighted by molar-refractivity contribution is 6.05. The van der Waals surface area contributed by atoms with E-state index in [1.807, 2.05) is 38.1 Å². The quantitative estimate of drug-likeness (QED) is 0.501. The van der Waals surface area contributed by atoms with Crippen molar-refractivity contribution in [3.8, 4) is 0 Å². The lowest BCUT2D eigenvalue weighted by molar-refractivity contribution is -0.285. The molecular weight excluding hydrogens is 460 g/mol. The molecule has 7 rings (SSSR count). The number of fused-ring (bicyclic) bond motifs is 9. The van der Waals surface area contributed by atoms with Gasteiger partial charge in [0.2, 0.25) is 17.5 Å². The maximum absolute atomic E-state index is 13.8. The average Bonchev–Trinajstić information content (AvgIpc) is 3.39. The molecule has 1 aromatic heterocycles. The number of hydrogen-bond acceptors (Lipinski definition) is 7. The van der Waals surface area contributed by atoms with Gasteiger partial charge in [-0.15, -0.1) is 0 Å². The van der Waals surface area contributed by atoms with Crippen LogP contribution in [0, 0.1) is 5.41 Å². The van der Waals surface area contributed by atoms with Gasteiger partial charge in [-0.05, 0) is 45.9 Å². The molecule has 9 heteroatoms. The molecular formula is C27H26N4O5. The highest BCUT2D eigenvalue weighted by Crippen LogP contribution is 2.64. The Hall–Kier alpha value is -3.40. The summed E-state index contributed by atoms with van der Waals surface area (Å²) in [6.45, 7) is 6.87. The number of para-hydroxylation sites is 2. The number of carbonyl (C=O) groups is 2. The lowest BCUT2D eigenvalue weighted by Gasteiger charge is -2.46. The smallest absolute Gasteiger partial charge is 0.262 e. The van der Waals surface area contributed by atoms with Crippen molar-refractivity contribution >= 4 is 28.3 Å². The summed E-state index contributed by atoms with van der Waals surface area (Å²) in [6.07, 6.45) is -0.452. The fourth-order valence-electron chi connectivity index (χ4n) is 6.64. The van der Waals surface area contributed by atoms with Gasteiger partial charge in [-0.25, -0.2) is 4.98 Å². The van der Waals surface area contributed by atoms with Gasteiger partial charge in [0, 0.05) is 12.0 Å². The van der Waals surface area contributed by atoms with E-state index in [1.54, 1.807) is 43.0 Å². The van der Waals surface area contributed by atoms with Crippen molar-refractivity contribution in [3.63, 3.8) is 0 Å². The zero-order valence-corrected chi connectivity index (χ0v) is 20.4. The predicted molar refractivity (Wildman–Crippen MR) is 130 cm³/mol. The minimum atomic E-state index is -2.02. The van der Waals surface area contributed by atoms with Crippen LogP contribution >= 0.6 is 0 Å². The number of carbonyl (C=O) groups excluding carboxylic acids is 2. The maximum Gasteiger partial charge on any atom is 0.262 e. The molecule has 3 aromatic rings. The summed E-state index contributed by atoms with van der Waals surface area (Å²) in [5.41, 5.74) is -2.00. The molecule has 4 atom stereocenters. The van der Waals surface area contributed by atoms with Crippen molar-refractivity contribution in [2.75, 3.05) is 4.90 Å². The van der Waals surface area contributed by atoms with Crippen LogP contribution in [0.3, 0.4) is 0 Å². The molecule has 5 heterocycles. The van der Waals surface area contributed by atoms with Crippen LogP contribution in [0.4, 0.5) is 5.69 Å². The van der Waals surface area contributed by atoms with Crippen LogP contribution in [-0.4, -0.2) is 43.8 Å². The standard InChI is InChI=1S/C27H26N4O5/c1-24(2)19(32)20-28-16-11-7-5-9-14(16)21(33)31(20)18-13-26(36-27(18,24)35)15-10-6-8-12-17(15)30-22(26)29-25(3,4)23(30)34/h5-12,18,22,29,35H,13H2,1-4H3/t18-,22+,26-,27+/m0/s1. The SMILES string of the molecule is CC1(C)N[C@@H]2N(C1=O)c1ccccc1[C@@]21C[C@@H]2n3c(nc4ccccc4c3=O)C(=O)C(C)(C)[C@]2(O)O1. The molecule has 1 spiro atoms. The van der Waals surface area contributed by atoms with E-state index in [9.17, 15) is 19.5 Å². The molecule has 0 bridgehead atoms. The van der Waals surface area contributed by atoms with Crippen molar-refractivity contribution in [1.29, 1.82) is 0 Å². The van der Waals surface area contributed by atoms with E-state index in [0.717, 1.165) is 5.56 Å². The van der Waals surface area contributed by atoms with Crippen molar-refractivity contribution in [1.82, 2.24) is 14.9 Å². The Morgan fingerprint density at radius 2 is 1.72 bits per heavy atom. The van der Waals surface area contributed by atoms with Gasteiger partial charge in [-0.3, -0.25) is 29.2 Å². The van der Waals surface area contributed by atoms with Crippen molar-refractivity contribution in [2.24, 2.45) is 5.41 Å². The molecule has 2 aromatic carbocycles. The van der Waals surface area contributed by atoms with Gasteiger partial charge in [0.1, 0.15) is 11.8 Å². The third-order valence-corrected chi connectivity index (χ3v) is 8.64. The lowest BCUT2D eigenvalue weighted by Crippen LogP contribution is -2.61. The summed E-state index contributed by atoms with van der Waals surface area (Å²) >= 11 is 0. The number of ketones is 1. The molecule has 9 nitrogen and oxygen atoms in total. The first-order chi connectivity index (χ1) is 16.9. The van der Waals surface area contributed by atoms with E-state index in [-0.39, 0.29) is 18.2 Å². The third kappa shape index (κ3) is 2.23. The van der Waals surface area contributed by atoms with Gasteiger partial charge in [-0.2, -0.15) is 0 Å². The van der Waals surface area contributed by atoms with E-state index in [2.05, 4.69) is 10.3 Å². The minimum absolute atomic E-state index is 0.0120. The first-order valence-electron chi connectivity index (χ1n) is 12.1. The van der Waals surface area contributed by atoms with Gasteiger partial charge < -0.3 is 9.84 Å². The van der Waals surface area contributed by atoms with Gasteiger partial charge in [0.15, 0.2) is 5.82 Å². The number of nitrogens with one attached hydrogen (secondary N) is 1. The summed E-state index contributed by atoms with van der Waals surface area (Å²) in [5, 5.41) is 16.0. The van der Waals surface area contributed by atoms with Crippen molar-refractivity contribution < 1.29 is 19.4 Å². The molecule has 0 saturated carbocycles. The Balaban J connectivity index is 1.51. The number of anilines is 1. The largest absolute Gasteiger partial charge is 0.363 e. The molecule has 2 N–H and O–H groups in total. The van der Waals surface area contributed by atoms with E-state index in [4.69, 9.17) is 4.74 Å². The molecule has 36 heavy (non-hydrogen) atoms. The second-order valence-electron chi connectivity index (χ2n) is 11.4. The first kappa shape index (κ1) is 21.8. The van der Waals surface area contributed by atoms with Crippen LogP contribution in [0.1, 0.15) is 56.3 Å². The zero-order valence-electron chi connectivity index (χ0n) is 20.4. The lowest BCUT2D eigenvalue weighted by atomic mass is 9.72. The normalized spacial score (nSPS) is 33.1. The Morgan fingerprint density at radius 1 is 1.03 bits per heavy atom. The molecule has 0 aliphatic carbocycles. The average molecular weight is 487 g/mol. The molecule has 4 aliphatic heterocycles. The fourth-order valence-corrected chi connectivity index (χ4v) is 6.64. The molecule has 0 unspecified atom stereocenters. The number of aromatic nitrogens is 2. The number of ether oxygens (including phenoxy) is 1. The number of nitrogens with zero attached hydrogens (tertiary/aromatic N) is 3. The number of benzene rings is 2. The first-order valence-corrected chi connectivity index (χ1v) is 12.1. The molecule has 0 radical (unpaired) electrons. The van der Waals surface area contributed by atoms with Crippen LogP contribution in [0.2, 0.25) is 0 Å². The summed E-state index contributed by atoms with van der Waals surface area (Å²) in [5.74, 6) is -2.59. The van der Waals surface area contributed by atoms with E-state index in [1.165, 1.54) is 4.57 Å². The highest BCUT2D eigenvalue weighted by atomic mass is 16.7. The third-order valence-electron chi connectivity index (χ3n) is 8.64. The van der Waals surface area contributed by atoms with Crippen LogP contribution in [0.15, 0.2) is 53.3 Å². The molecule has 2 fully saturated rings. The monoisotopic (exact) mass is 486 g/mol. The second-order valence-corrected chi connectivity index (χ2v) is 11.4. The molecule has 184 valence electrons. The van der Waals surface area contributed by atoms with E-state index >= 15 is 0 Å². The van der Waals surface area contributed by atoms with Crippen molar-refractivity contribution in [3.05, 3.63) is 70.3 Å². The number of rotatable bonds is 0. The van der Waals surface area contributed by atoms with E-state index < -0.39 is 45.9 Å².